The van der Waals surface area contributed by atoms with Gasteiger partial charge in [0.15, 0.2) is 0 Å². The van der Waals surface area contributed by atoms with Gasteiger partial charge in [0, 0.05) is 5.92 Å². The smallest absolute Gasteiger partial charge is 0.307 e. The third-order valence-electron chi connectivity index (χ3n) is 3.32. The van der Waals surface area contributed by atoms with Crippen molar-refractivity contribution in [1.29, 1.82) is 0 Å². The standard InChI is InChI=1S/C12H13FO2/c1-12(2)9(10(12)11(14)15)7-3-5-8(13)6-4-7/h3-6,9-10H,1-2H3,(H,14,15)/t9-,10+/m1/s1. The van der Waals surface area contributed by atoms with Crippen LogP contribution in [0.4, 0.5) is 4.39 Å². The molecule has 15 heavy (non-hydrogen) atoms. The number of hydrogen-bond acceptors (Lipinski definition) is 1. The van der Waals surface area contributed by atoms with Gasteiger partial charge in [-0.1, -0.05) is 26.0 Å². The van der Waals surface area contributed by atoms with Gasteiger partial charge in [-0.05, 0) is 23.1 Å². The van der Waals surface area contributed by atoms with Crippen LogP contribution in [0.25, 0.3) is 0 Å². The number of halogens is 1. The van der Waals surface area contributed by atoms with E-state index in [0.29, 0.717) is 0 Å². The summed E-state index contributed by atoms with van der Waals surface area (Å²) in [7, 11) is 0. The first kappa shape index (κ1) is 10.1. The average molecular weight is 208 g/mol. The first-order chi connectivity index (χ1) is 6.94. The van der Waals surface area contributed by atoms with Crippen molar-refractivity contribution < 1.29 is 14.3 Å². The van der Waals surface area contributed by atoms with Crippen molar-refractivity contribution in [3.05, 3.63) is 35.6 Å². The van der Waals surface area contributed by atoms with E-state index in [2.05, 4.69) is 0 Å². The van der Waals surface area contributed by atoms with E-state index in [1.165, 1.54) is 12.1 Å². The SMILES string of the molecule is CC1(C)[C@H](C(=O)O)[C@H]1c1ccc(F)cc1. The number of carboxylic acid groups (broad SMARTS) is 1. The molecule has 0 unspecified atom stereocenters. The summed E-state index contributed by atoms with van der Waals surface area (Å²) in [4.78, 5) is 11.0. The maximum atomic E-state index is 12.7. The highest BCUT2D eigenvalue weighted by atomic mass is 19.1. The van der Waals surface area contributed by atoms with Gasteiger partial charge in [-0.25, -0.2) is 4.39 Å². The van der Waals surface area contributed by atoms with Crippen LogP contribution < -0.4 is 0 Å². The van der Waals surface area contributed by atoms with E-state index in [1.807, 2.05) is 13.8 Å². The normalized spacial score (nSPS) is 27.4. The molecule has 1 aromatic carbocycles. The Kier molecular flexibility index (Phi) is 2.07. The highest BCUT2D eigenvalue weighted by Gasteiger charge is 2.62. The molecule has 2 rings (SSSR count). The lowest BCUT2D eigenvalue weighted by Gasteiger charge is -2.01. The monoisotopic (exact) mass is 208 g/mol. The lowest BCUT2D eigenvalue weighted by atomic mass is 10.0. The Morgan fingerprint density at radius 3 is 2.27 bits per heavy atom. The Morgan fingerprint density at radius 2 is 1.87 bits per heavy atom. The summed E-state index contributed by atoms with van der Waals surface area (Å²) < 4.78 is 12.7. The van der Waals surface area contributed by atoms with Gasteiger partial charge in [-0.2, -0.15) is 0 Å². The summed E-state index contributed by atoms with van der Waals surface area (Å²) in [5, 5.41) is 9.00. The van der Waals surface area contributed by atoms with Crippen LogP contribution in [0.1, 0.15) is 25.3 Å². The van der Waals surface area contributed by atoms with Crippen LogP contribution in [0.15, 0.2) is 24.3 Å². The largest absolute Gasteiger partial charge is 0.481 e. The van der Waals surface area contributed by atoms with Crippen molar-refractivity contribution >= 4 is 5.97 Å². The van der Waals surface area contributed by atoms with Crippen molar-refractivity contribution in [2.75, 3.05) is 0 Å². The molecule has 80 valence electrons. The van der Waals surface area contributed by atoms with Gasteiger partial charge < -0.3 is 5.11 Å². The van der Waals surface area contributed by atoms with E-state index in [-0.39, 0.29) is 23.1 Å². The molecule has 1 aliphatic carbocycles. The van der Waals surface area contributed by atoms with Crippen LogP contribution >= 0.6 is 0 Å². The topological polar surface area (TPSA) is 37.3 Å². The lowest BCUT2D eigenvalue weighted by Crippen LogP contribution is -2.03. The zero-order valence-corrected chi connectivity index (χ0v) is 8.70. The number of aliphatic carboxylic acids is 1. The molecule has 1 N–H and O–H groups in total. The first-order valence-electron chi connectivity index (χ1n) is 4.93. The van der Waals surface area contributed by atoms with E-state index in [9.17, 15) is 9.18 Å². The minimum Gasteiger partial charge on any atom is -0.481 e. The predicted molar refractivity (Wildman–Crippen MR) is 54.0 cm³/mol. The Morgan fingerprint density at radius 1 is 1.33 bits per heavy atom. The molecule has 0 radical (unpaired) electrons. The van der Waals surface area contributed by atoms with Gasteiger partial charge >= 0.3 is 5.97 Å². The van der Waals surface area contributed by atoms with Gasteiger partial charge in [0.1, 0.15) is 5.82 Å². The van der Waals surface area contributed by atoms with E-state index < -0.39 is 5.97 Å². The maximum Gasteiger partial charge on any atom is 0.307 e. The molecule has 0 heterocycles. The number of carboxylic acids is 1. The number of carbonyl (C=O) groups is 1. The molecule has 3 heteroatoms. The highest BCUT2D eigenvalue weighted by molar-refractivity contribution is 5.77. The molecule has 1 fully saturated rings. The van der Waals surface area contributed by atoms with Crippen molar-refractivity contribution in [2.24, 2.45) is 11.3 Å². The molecule has 2 atom stereocenters. The molecular weight excluding hydrogens is 195 g/mol. The van der Waals surface area contributed by atoms with Crippen LogP contribution in [0.2, 0.25) is 0 Å². The molecule has 2 nitrogen and oxygen atoms in total. The second-order valence-corrected chi connectivity index (χ2v) is 4.67. The molecule has 1 aliphatic rings. The van der Waals surface area contributed by atoms with Crippen molar-refractivity contribution in [1.82, 2.24) is 0 Å². The summed E-state index contributed by atoms with van der Waals surface area (Å²) in [6.45, 7) is 3.86. The summed E-state index contributed by atoms with van der Waals surface area (Å²) in [6.07, 6.45) is 0. The molecule has 0 aromatic heterocycles. The van der Waals surface area contributed by atoms with Crippen LogP contribution in [0, 0.1) is 17.2 Å². The summed E-state index contributed by atoms with van der Waals surface area (Å²) in [5.41, 5.74) is 0.692. The third-order valence-corrected chi connectivity index (χ3v) is 3.32. The van der Waals surface area contributed by atoms with E-state index in [4.69, 9.17) is 5.11 Å². The summed E-state index contributed by atoms with van der Waals surface area (Å²) in [5.74, 6) is -1.39. The quantitative estimate of drug-likeness (QED) is 0.811. The zero-order chi connectivity index (χ0) is 11.2. The van der Waals surface area contributed by atoms with E-state index in [0.717, 1.165) is 5.56 Å². The Balaban J connectivity index is 2.27. The molecule has 1 aromatic rings. The maximum absolute atomic E-state index is 12.7. The fourth-order valence-electron chi connectivity index (χ4n) is 2.39. The van der Waals surface area contributed by atoms with Crippen LogP contribution in [0.3, 0.4) is 0 Å². The molecule has 0 saturated heterocycles. The first-order valence-corrected chi connectivity index (χ1v) is 4.93. The van der Waals surface area contributed by atoms with Gasteiger partial charge in [-0.15, -0.1) is 0 Å². The fraction of sp³-hybridized carbons (Fsp3) is 0.417. The number of hydrogen-bond donors (Lipinski definition) is 1. The highest BCUT2D eigenvalue weighted by Crippen LogP contribution is 2.64. The van der Waals surface area contributed by atoms with E-state index >= 15 is 0 Å². The second kappa shape index (κ2) is 3.05. The Hall–Kier alpha value is -1.38. The molecule has 0 spiro atoms. The summed E-state index contributed by atoms with van der Waals surface area (Å²) in [6, 6.07) is 6.10. The van der Waals surface area contributed by atoms with Crippen LogP contribution in [0.5, 0.6) is 0 Å². The van der Waals surface area contributed by atoms with Gasteiger partial charge in [0.25, 0.3) is 0 Å². The molecule has 0 amide bonds. The Labute approximate surface area is 87.7 Å². The second-order valence-electron chi connectivity index (χ2n) is 4.67. The van der Waals surface area contributed by atoms with Crippen LogP contribution in [-0.2, 0) is 4.79 Å². The molecule has 0 bridgehead atoms. The minimum atomic E-state index is -0.769. The van der Waals surface area contributed by atoms with Crippen molar-refractivity contribution in [2.45, 2.75) is 19.8 Å². The molecular formula is C12H13FO2. The number of rotatable bonds is 2. The van der Waals surface area contributed by atoms with Gasteiger partial charge in [0.2, 0.25) is 0 Å². The Bertz CT molecular complexity index is 395. The number of benzene rings is 1. The van der Waals surface area contributed by atoms with Gasteiger partial charge in [-0.3, -0.25) is 4.79 Å². The lowest BCUT2D eigenvalue weighted by molar-refractivity contribution is -0.139. The fourth-order valence-corrected chi connectivity index (χ4v) is 2.39. The third kappa shape index (κ3) is 1.52. The predicted octanol–water partition coefficient (Wildman–Crippen LogP) is 2.65. The molecule has 0 aliphatic heterocycles. The van der Waals surface area contributed by atoms with E-state index in [1.54, 1.807) is 12.1 Å². The molecule has 1 saturated carbocycles. The van der Waals surface area contributed by atoms with Gasteiger partial charge in [0.05, 0.1) is 5.92 Å². The minimum absolute atomic E-state index is 0.00981. The van der Waals surface area contributed by atoms with Crippen molar-refractivity contribution in [3.63, 3.8) is 0 Å². The zero-order valence-electron chi connectivity index (χ0n) is 8.70. The average Bonchev–Trinajstić information content (AvgIpc) is 2.70. The van der Waals surface area contributed by atoms with Crippen LogP contribution in [-0.4, -0.2) is 11.1 Å². The summed E-state index contributed by atoms with van der Waals surface area (Å²) >= 11 is 0. The van der Waals surface area contributed by atoms with Crippen molar-refractivity contribution in [3.8, 4) is 0 Å².